The number of rotatable bonds is 5. The van der Waals surface area contributed by atoms with Gasteiger partial charge in [0.05, 0.1) is 13.3 Å². The normalized spacial score (nSPS) is 25.4. The predicted octanol–water partition coefficient (Wildman–Crippen LogP) is 1.72. The Morgan fingerprint density at radius 3 is 2.79 bits per heavy atom. The van der Waals surface area contributed by atoms with E-state index in [0.29, 0.717) is 26.1 Å². The molecule has 2 rings (SSSR count). The van der Waals surface area contributed by atoms with Gasteiger partial charge in [-0.1, -0.05) is 6.42 Å². The molecule has 2 aliphatic rings. The number of carbonyl (C=O) groups excluding carboxylic acids is 1. The van der Waals surface area contributed by atoms with Gasteiger partial charge in [0, 0.05) is 25.9 Å². The number of halogens is 1. The summed E-state index contributed by atoms with van der Waals surface area (Å²) in [5, 5.41) is 5.32. The molecule has 2 N–H and O–H groups in total. The van der Waals surface area contributed by atoms with Gasteiger partial charge in [-0.15, -0.1) is 0 Å². The van der Waals surface area contributed by atoms with Crippen molar-refractivity contribution in [1.29, 1.82) is 0 Å². The molecule has 6 heteroatoms. The number of amides is 2. The Morgan fingerprint density at radius 1 is 1.26 bits per heavy atom. The van der Waals surface area contributed by atoms with E-state index in [-0.39, 0.29) is 12.1 Å². The smallest absolute Gasteiger partial charge is 0.314 e. The van der Waals surface area contributed by atoms with Gasteiger partial charge in [0.15, 0.2) is 5.79 Å². The first-order valence-electron chi connectivity index (χ1n) is 7.13. The van der Waals surface area contributed by atoms with Gasteiger partial charge in [0.25, 0.3) is 0 Å². The average Bonchev–Trinajstić information content (AvgIpc) is 2.81. The Labute approximate surface area is 113 Å². The SMILES string of the molecule is O=C(NCCCF)NCC1COC2(CCCCC2)O1. The van der Waals surface area contributed by atoms with Crippen LogP contribution in [-0.4, -0.2) is 44.3 Å². The molecule has 1 atom stereocenters. The maximum absolute atomic E-state index is 11.9. The largest absolute Gasteiger partial charge is 0.347 e. The summed E-state index contributed by atoms with van der Waals surface area (Å²) in [6.45, 7) is 0.907. The summed E-state index contributed by atoms with van der Waals surface area (Å²) >= 11 is 0. The highest BCUT2D eigenvalue weighted by molar-refractivity contribution is 5.73. The van der Waals surface area contributed by atoms with E-state index >= 15 is 0 Å². The summed E-state index contributed by atoms with van der Waals surface area (Å²) in [7, 11) is 0. The molecule has 1 aliphatic heterocycles. The number of carbonyl (C=O) groups is 1. The number of urea groups is 1. The molecule has 0 aromatic heterocycles. The number of ether oxygens (including phenoxy) is 2. The van der Waals surface area contributed by atoms with E-state index in [1.807, 2.05) is 0 Å². The molecule has 1 saturated heterocycles. The second-order valence-corrected chi connectivity index (χ2v) is 5.20. The zero-order valence-corrected chi connectivity index (χ0v) is 11.3. The van der Waals surface area contributed by atoms with Gasteiger partial charge in [0.2, 0.25) is 0 Å². The van der Waals surface area contributed by atoms with Crippen LogP contribution in [0.25, 0.3) is 0 Å². The number of alkyl halides is 1. The minimum atomic E-state index is -0.414. The lowest BCUT2D eigenvalue weighted by molar-refractivity contribution is -0.186. The van der Waals surface area contributed by atoms with Crippen LogP contribution < -0.4 is 10.6 Å². The van der Waals surface area contributed by atoms with Crippen molar-refractivity contribution >= 4 is 6.03 Å². The Kier molecular flexibility index (Phi) is 5.39. The summed E-state index contributed by atoms with van der Waals surface area (Å²) in [6.07, 6.45) is 5.70. The predicted molar refractivity (Wildman–Crippen MR) is 68.6 cm³/mol. The van der Waals surface area contributed by atoms with Gasteiger partial charge in [-0.3, -0.25) is 4.39 Å². The van der Waals surface area contributed by atoms with Gasteiger partial charge in [-0.25, -0.2) is 4.79 Å². The molecule has 1 aliphatic carbocycles. The highest BCUT2D eigenvalue weighted by atomic mass is 19.1. The molecule has 0 aromatic carbocycles. The van der Waals surface area contributed by atoms with Crippen molar-refractivity contribution < 1.29 is 18.7 Å². The molecule has 0 aromatic rings. The first-order valence-corrected chi connectivity index (χ1v) is 7.13. The lowest BCUT2D eigenvalue weighted by atomic mass is 9.94. The quantitative estimate of drug-likeness (QED) is 0.750. The summed E-state index contributed by atoms with van der Waals surface area (Å²) in [5.41, 5.74) is 0. The fourth-order valence-corrected chi connectivity index (χ4v) is 2.61. The molecule has 1 heterocycles. The van der Waals surface area contributed by atoms with E-state index in [1.165, 1.54) is 6.42 Å². The Morgan fingerprint density at radius 2 is 2.05 bits per heavy atom. The molecule has 19 heavy (non-hydrogen) atoms. The number of hydrogen-bond donors (Lipinski definition) is 2. The fourth-order valence-electron chi connectivity index (χ4n) is 2.61. The van der Waals surface area contributed by atoms with E-state index in [0.717, 1.165) is 25.7 Å². The molecule has 0 radical (unpaired) electrons. The number of nitrogens with one attached hydrogen (secondary N) is 2. The van der Waals surface area contributed by atoms with E-state index in [4.69, 9.17) is 9.47 Å². The van der Waals surface area contributed by atoms with Crippen LogP contribution in [0.1, 0.15) is 38.5 Å². The first kappa shape index (κ1) is 14.5. The van der Waals surface area contributed by atoms with Gasteiger partial charge >= 0.3 is 6.03 Å². The van der Waals surface area contributed by atoms with Crippen LogP contribution in [0.5, 0.6) is 0 Å². The van der Waals surface area contributed by atoms with Crippen molar-refractivity contribution in [3.8, 4) is 0 Å². The Hall–Kier alpha value is -0.880. The average molecular weight is 274 g/mol. The topological polar surface area (TPSA) is 59.6 Å². The lowest BCUT2D eigenvalue weighted by Gasteiger charge is -2.31. The maximum Gasteiger partial charge on any atom is 0.314 e. The molecule has 1 saturated carbocycles. The second kappa shape index (κ2) is 7.05. The van der Waals surface area contributed by atoms with Crippen molar-refractivity contribution in [2.24, 2.45) is 0 Å². The third-order valence-electron chi connectivity index (χ3n) is 3.62. The van der Waals surface area contributed by atoms with E-state index in [2.05, 4.69) is 10.6 Å². The zero-order valence-electron chi connectivity index (χ0n) is 11.3. The molecular weight excluding hydrogens is 251 g/mol. The maximum atomic E-state index is 11.9. The molecule has 110 valence electrons. The lowest BCUT2D eigenvalue weighted by Crippen LogP contribution is -2.41. The van der Waals surface area contributed by atoms with Crippen LogP contribution in [0.2, 0.25) is 0 Å². The van der Waals surface area contributed by atoms with Crippen LogP contribution in [-0.2, 0) is 9.47 Å². The van der Waals surface area contributed by atoms with Crippen LogP contribution in [0, 0.1) is 0 Å². The van der Waals surface area contributed by atoms with Crippen LogP contribution in [0.4, 0.5) is 9.18 Å². The minimum Gasteiger partial charge on any atom is -0.347 e. The monoisotopic (exact) mass is 274 g/mol. The Bertz CT molecular complexity index is 296. The summed E-state index contributed by atoms with van der Waals surface area (Å²) in [6, 6.07) is -0.276. The van der Waals surface area contributed by atoms with Crippen molar-refractivity contribution in [2.45, 2.75) is 50.4 Å². The number of hydrogen-bond acceptors (Lipinski definition) is 3. The minimum absolute atomic E-state index is 0.0787. The van der Waals surface area contributed by atoms with Crippen LogP contribution in [0.3, 0.4) is 0 Å². The van der Waals surface area contributed by atoms with Gasteiger partial charge in [-0.2, -0.15) is 0 Å². The van der Waals surface area contributed by atoms with Crippen molar-refractivity contribution in [1.82, 2.24) is 10.6 Å². The van der Waals surface area contributed by atoms with E-state index in [9.17, 15) is 9.18 Å². The third-order valence-corrected chi connectivity index (χ3v) is 3.62. The van der Waals surface area contributed by atoms with E-state index in [1.54, 1.807) is 0 Å². The van der Waals surface area contributed by atoms with Gasteiger partial charge in [-0.05, 0) is 19.3 Å². The van der Waals surface area contributed by atoms with Crippen LogP contribution >= 0.6 is 0 Å². The highest BCUT2D eigenvalue weighted by Gasteiger charge is 2.42. The first-order chi connectivity index (χ1) is 9.24. The highest BCUT2D eigenvalue weighted by Crippen LogP contribution is 2.37. The molecule has 2 amide bonds. The van der Waals surface area contributed by atoms with Crippen molar-refractivity contribution in [2.75, 3.05) is 26.4 Å². The Balaban J connectivity index is 1.63. The summed E-state index contributed by atoms with van der Waals surface area (Å²) in [4.78, 5) is 11.4. The molecular formula is C13H23FN2O3. The van der Waals surface area contributed by atoms with Crippen LogP contribution in [0.15, 0.2) is 0 Å². The summed E-state index contributed by atoms with van der Waals surface area (Å²) in [5.74, 6) is -0.394. The van der Waals surface area contributed by atoms with Gasteiger partial charge in [0.1, 0.15) is 6.10 Å². The molecule has 0 bridgehead atoms. The second-order valence-electron chi connectivity index (χ2n) is 5.20. The molecule has 1 spiro atoms. The third kappa shape index (κ3) is 4.31. The van der Waals surface area contributed by atoms with Crippen molar-refractivity contribution in [3.05, 3.63) is 0 Å². The van der Waals surface area contributed by atoms with E-state index < -0.39 is 12.5 Å². The molecule has 1 unspecified atom stereocenters. The van der Waals surface area contributed by atoms with Gasteiger partial charge < -0.3 is 20.1 Å². The summed E-state index contributed by atoms with van der Waals surface area (Å²) < 4.78 is 23.6. The molecule has 5 nitrogen and oxygen atoms in total. The fraction of sp³-hybridized carbons (Fsp3) is 0.923. The standard InChI is InChI=1S/C13H23FN2O3/c14-7-4-8-15-12(17)16-9-11-10-18-13(19-11)5-2-1-3-6-13/h11H,1-10H2,(H2,15,16,17). The zero-order chi connectivity index (χ0) is 13.6. The molecule has 2 fully saturated rings. The van der Waals surface area contributed by atoms with Crippen molar-refractivity contribution in [3.63, 3.8) is 0 Å².